The van der Waals surface area contributed by atoms with E-state index in [0.717, 1.165) is 0 Å². The van der Waals surface area contributed by atoms with Crippen molar-refractivity contribution < 1.29 is 63.2 Å². The minimum Gasteiger partial charge on any atom is -1.00 e. The number of hydrogen-bond donors (Lipinski definition) is 4. The first kappa shape index (κ1) is 22.5. The number of esters is 1. The second kappa shape index (κ2) is 8.88. The fourth-order valence-electron chi connectivity index (χ4n) is 3.47. The number of aromatic nitrogens is 1. The van der Waals surface area contributed by atoms with E-state index in [4.69, 9.17) is 9.47 Å². The van der Waals surface area contributed by atoms with Gasteiger partial charge in [0.15, 0.2) is 30.0 Å². The van der Waals surface area contributed by atoms with Crippen molar-refractivity contribution >= 4 is 5.97 Å². The molecule has 0 saturated carbocycles. The summed E-state index contributed by atoms with van der Waals surface area (Å²) in [5.74, 6) is -1.33. The van der Waals surface area contributed by atoms with E-state index in [1.165, 1.54) is 30.3 Å². The Bertz CT molecular complexity index is 1130. The molecule has 2 atom stereocenters. The zero-order valence-electron chi connectivity index (χ0n) is 16.4. The van der Waals surface area contributed by atoms with Crippen molar-refractivity contribution in [2.24, 2.45) is 7.05 Å². The van der Waals surface area contributed by atoms with E-state index in [0.29, 0.717) is 16.7 Å². The van der Waals surface area contributed by atoms with Crippen molar-refractivity contribution in [2.45, 2.75) is 18.6 Å². The van der Waals surface area contributed by atoms with Gasteiger partial charge in [0, 0.05) is 35.7 Å². The predicted molar refractivity (Wildman–Crippen MR) is 103 cm³/mol. The SMILES string of the molecule is C[n+]1cccc(C(=O)O[C@@H]2Cc3c(O)cc(O)cc3O[C@@H]2c2ccc(O)c(O)c2)c1.[I-]. The van der Waals surface area contributed by atoms with Crippen molar-refractivity contribution in [3.05, 3.63) is 71.5 Å². The van der Waals surface area contributed by atoms with Crippen molar-refractivity contribution in [1.29, 1.82) is 0 Å². The normalized spacial score (nSPS) is 17.1. The fraction of sp³-hybridized carbons (Fsp3) is 0.182. The molecule has 0 radical (unpaired) electrons. The van der Waals surface area contributed by atoms with Gasteiger partial charge in [-0.1, -0.05) is 6.07 Å². The van der Waals surface area contributed by atoms with Gasteiger partial charge in [0.25, 0.3) is 0 Å². The molecule has 0 bridgehead atoms. The number of carbonyl (C=O) groups excluding carboxylic acids is 1. The second-order valence-electron chi connectivity index (χ2n) is 7.13. The number of halogens is 1. The van der Waals surface area contributed by atoms with Crippen LogP contribution in [0.25, 0.3) is 0 Å². The van der Waals surface area contributed by atoms with Gasteiger partial charge in [0.05, 0.1) is 0 Å². The summed E-state index contributed by atoms with van der Waals surface area (Å²) in [6.45, 7) is 0. The molecule has 0 saturated heterocycles. The van der Waals surface area contributed by atoms with Crippen LogP contribution in [0.15, 0.2) is 54.9 Å². The van der Waals surface area contributed by atoms with Gasteiger partial charge in [0.2, 0.25) is 0 Å². The molecule has 0 aliphatic carbocycles. The summed E-state index contributed by atoms with van der Waals surface area (Å²) in [4.78, 5) is 12.7. The van der Waals surface area contributed by atoms with E-state index in [-0.39, 0.29) is 59.1 Å². The van der Waals surface area contributed by atoms with Crippen LogP contribution in [-0.4, -0.2) is 32.5 Å². The van der Waals surface area contributed by atoms with Crippen LogP contribution in [0.1, 0.15) is 27.6 Å². The fourth-order valence-corrected chi connectivity index (χ4v) is 3.47. The third-order valence-corrected chi connectivity index (χ3v) is 4.93. The second-order valence-corrected chi connectivity index (χ2v) is 7.13. The van der Waals surface area contributed by atoms with Gasteiger partial charge >= 0.3 is 5.97 Å². The molecule has 2 aromatic carbocycles. The molecule has 0 spiro atoms. The Labute approximate surface area is 195 Å². The molecule has 4 N–H and O–H groups in total. The summed E-state index contributed by atoms with van der Waals surface area (Å²) in [6.07, 6.45) is 1.85. The number of aromatic hydroxyl groups is 4. The molecule has 4 rings (SSSR count). The first-order valence-electron chi connectivity index (χ1n) is 9.21. The van der Waals surface area contributed by atoms with E-state index in [2.05, 4.69) is 0 Å². The number of hydrogen-bond acceptors (Lipinski definition) is 7. The highest BCUT2D eigenvalue weighted by Crippen LogP contribution is 2.43. The van der Waals surface area contributed by atoms with Gasteiger partial charge in [0.1, 0.15) is 36.0 Å². The number of pyridine rings is 1. The van der Waals surface area contributed by atoms with Gasteiger partial charge in [-0.2, -0.15) is 0 Å². The van der Waals surface area contributed by atoms with Crippen LogP contribution in [0.5, 0.6) is 28.7 Å². The Kier molecular flexibility index (Phi) is 6.44. The quantitative estimate of drug-likeness (QED) is 0.150. The Morgan fingerprint density at radius 3 is 2.55 bits per heavy atom. The molecule has 0 unspecified atom stereocenters. The third kappa shape index (κ3) is 4.61. The lowest BCUT2D eigenvalue weighted by atomic mass is 9.93. The summed E-state index contributed by atoms with van der Waals surface area (Å²) in [7, 11) is 1.78. The lowest BCUT2D eigenvalue weighted by Gasteiger charge is -2.33. The van der Waals surface area contributed by atoms with Gasteiger partial charge < -0.3 is 53.9 Å². The van der Waals surface area contributed by atoms with Crippen LogP contribution in [0.4, 0.5) is 0 Å². The number of phenolic OH excluding ortho intramolecular Hbond substituents is 4. The molecular formula is C22H20INO7. The van der Waals surface area contributed by atoms with Gasteiger partial charge in [-0.3, -0.25) is 0 Å². The maximum absolute atomic E-state index is 12.7. The Morgan fingerprint density at radius 1 is 1.06 bits per heavy atom. The average molecular weight is 537 g/mol. The molecule has 1 aliphatic rings. The zero-order chi connectivity index (χ0) is 21.4. The smallest absolute Gasteiger partial charge is 0.344 e. The van der Waals surface area contributed by atoms with Gasteiger partial charge in [-0.25, -0.2) is 9.36 Å². The maximum atomic E-state index is 12.7. The number of benzene rings is 2. The van der Waals surface area contributed by atoms with E-state index >= 15 is 0 Å². The minimum atomic E-state index is -0.841. The van der Waals surface area contributed by atoms with E-state index in [1.54, 1.807) is 36.1 Å². The highest BCUT2D eigenvalue weighted by Gasteiger charge is 2.37. The third-order valence-electron chi connectivity index (χ3n) is 4.93. The number of phenols is 4. The molecule has 2 heterocycles. The molecule has 3 aromatic rings. The topological polar surface area (TPSA) is 120 Å². The summed E-state index contributed by atoms with van der Waals surface area (Å²) >= 11 is 0. The molecule has 1 aromatic heterocycles. The summed E-state index contributed by atoms with van der Waals surface area (Å²) in [5.41, 5.74) is 1.19. The molecule has 9 heteroatoms. The number of carbonyl (C=O) groups is 1. The Morgan fingerprint density at radius 2 is 1.84 bits per heavy atom. The Balaban J connectivity index is 0.00000272. The predicted octanol–water partition coefficient (Wildman–Crippen LogP) is -0.761. The summed E-state index contributed by atoms with van der Waals surface area (Å²) in [6, 6.07) is 10.0. The molecule has 1 aliphatic heterocycles. The van der Waals surface area contributed by atoms with Gasteiger partial charge in [-0.15, -0.1) is 0 Å². The van der Waals surface area contributed by atoms with E-state index in [1.807, 2.05) is 0 Å². The van der Waals surface area contributed by atoms with Crippen LogP contribution < -0.4 is 33.3 Å². The highest BCUT2D eigenvalue weighted by molar-refractivity contribution is 5.88. The maximum Gasteiger partial charge on any atom is 0.344 e. The number of rotatable bonds is 3. The van der Waals surface area contributed by atoms with E-state index in [9.17, 15) is 25.2 Å². The summed E-state index contributed by atoms with van der Waals surface area (Å²) < 4.78 is 13.4. The van der Waals surface area contributed by atoms with Gasteiger partial charge in [-0.05, 0) is 18.2 Å². The zero-order valence-corrected chi connectivity index (χ0v) is 18.6. The van der Waals surface area contributed by atoms with Crippen molar-refractivity contribution in [1.82, 2.24) is 0 Å². The largest absolute Gasteiger partial charge is 1.00 e. The Hall–Kier alpha value is -3.21. The van der Waals surface area contributed by atoms with Crippen LogP contribution in [0.2, 0.25) is 0 Å². The standard InChI is InChI=1S/C22H19NO7.HI/c1-23-6-2-3-13(11-23)22(28)30-20-10-15-17(26)8-14(24)9-19(15)29-21(20)12-4-5-16(25)18(27)7-12;/h2-9,11,20-21H,10H2,1H3,(H3-,24,25,26,27);1H/t20-,21-;/m1./s1. The molecule has 0 amide bonds. The number of ether oxygens (including phenoxy) is 2. The van der Waals surface area contributed by atoms with Crippen LogP contribution in [0, 0.1) is 0 Å². The minimum absolute atomic E-state index is 0. The van der Waals surface area contributed by atoms with Crippen LogP contribution >= 0.6 is 0 Å². The lowest BCUT2D eigenvalue weighted by molar-refractivity contribution is -0.671. The number of nitrogens with zero attached hydrogens (tertiary/aromatic N) is 1. The average Bonchev–Trinajstić information content (AvgIpc) is 2.70. The molecule has 8 nitrogen and oxygen atoms in total. The lowest BCUT2D eigenvalue weighted by Crippen LogP contribution is -3.00. The number of aryl methyl sites for hydroxylation is 1. The van der Waals surface area contributed by atoms with Crippen molar-refractivity contribution in [3.8, 4) is 28.7 Å². The highest BCUT2D eigenvalue weighted by atomic mass is 127. The van der Waals surface area contributed by atoms with E-state index < -0.39 is 18.2 Å². The molecular weight excluding hydrogens is 517 g/mol. The molecule has 31 heavy (non-hydrogen) atoms. The monoisotopic (exact) mass is 537 g/mol. The first-order chi connectivity index (χ1) is 14.3. The first-order valence-corrected chi connectivity index (χ1v) is 9.21. The molecule has 0 fully saturated rings. The van der Waals surface area contributed by atoms with Crippen LogP contribution in [0.3, 0.4) is 0 Å². The summed E-state index contributed by atoms with van der Waals surface area (Å²) in [5, 5.41) is 39.5. The van der Waals surface area contributed by atoms with Crippen LogP contribution in [-0.2, 0) is 18.2 Å². The van der Waals surface area contributed by atoms with Crippen molar-refractivity contribution in [3.63, 3.8) is 0 Å². The molecule has 162 valence electrons. The van der Waals surface area contributed by atoms with Crippen molar-refractivity contribution in [2.75, 3.05) is 0 Å². The number of fused-ring (bicyclic) bond motifs is 1.